The summed E-state index contributed by atoms with van der Waals surface area (Å²) in [6.45, 7) is 3.96. The zero-order valence-electron chi connectivity index (χ0n) is 16.7. The van der Waals surface area contributed by atoms with Crippen LogP contribution in [-0.2, 0) is 22.3 Å². The molecule has 28 heavy (non-hydrogen) atoms. The maximum absolute atomic E-state index is 5.33. The molecule has 3 aromatic carbocycles. The van der Waals surface area contributed by atoms with Crippen molar-refractivity contribution < 1.29 is 9.47 Å². The van der Waals surface area contributed by atoms with Gasteiger partial charge in [0.1, 0.15) is 0 Å². The van der Waals surface area contributed by atoms with Gasteiger partial charge in [-0.3, -0.25) is 0 Å². The fourth-order valence-electron chi connectivity index (χ4n) is 4.06. The van der Waals surface area contributed by atoms with Gasteiger partial charge in [0.05, 0.1) is 12.4 Å². The van der Waals surface area contributed by atoms with Gasteiger partial charge in [0, 0.05) is 0 Å². The van der Waals surface area contributed by atoms with Crippen molar-refractivity contribution >= 4 is 21.5 Å². The highest BCUT2D eigenvalue weighted by molar-refractivity contribution is 6.08. The SMILES string of the molecule is CC(C)OC1C=CC=CO1.c1ccc2c(c1)ccc1c3c(ccc12)CCCC3. The van der Waals surface area contributed by atoms with Gasteiger partial charge < -0.3 is 9.47 Å². The number of hydrogen-bond acceptors (Lipinski definition) is 2. The molecule has 2 aliphatic rings. The summed E-state index contributed by atoms with van der Waals surface area (Å²) in [7, 11) is 0. The van der Waals surface area contributed by atoms with E-state index in [0.717, 1.165) is 0 Å². The smallest absolute Gasteiger partial charge is 0.219 e. The zero-order valence-corrected chi connectivity index (χ0v) is 16.7. The highest BCUT2D eigenvalue weighted by Crippen LogP contribution is 2.33. The Balaban J connectivity index is 0.000000165. The molecule has 1 unspecified atom stereocenters. The molecule has 2 nitrogen and oxygen atoms in total. The van der Waals surface area contributed by atoms with Gasteiger partial charge in [-0.1, -0.05) is 54.6 Å². The minimum Gasteiger partial charge on any atom is -0.469 e. The molecule has 0 fully saturated rings. The van der Waals surface area contributed by atoms with E-state index in [-0.39, 0.29) is 12.4 Å². The van der Waals surface area contributed by atoms with E-state index in [9.17, 15) is 0 Å². The number of aryl methyl sites for hydroxylation is 2. The van der Waals surface area contributed by atoms with Crippen LogP contribution in [0.4, 0.5) is 0 Å². The maximum atomic E-state index is 5.33. The van der Waals surface area contributed by atoms with Gasteiger partial charge in [0.25, 0.3) is 0 Å². The zero-order chi connectivity index (χ0) is 19.3. The predicted molar refractivity (Wildman–Crippen MR) is 117 cm³/mol. The summed E-state index contributed by atoms with van der Waals surface area (Å²) in [6, 6.07) is 18.0. The molecule has 3 aromatic rings. The molecule has 0 saturated heterocycles. The summed E-state index contributed by atoms with van der Waals surface area (Å²) in [5.74, 6) is 0. The van der Waals surface area contributed by atoms with Crippen LogP contribution in [0, 0.1) is 0 Å². The van der Waals surface area contributed by atoms with E-state index in [1.165, 1.54) is 47.2 Å². The van der Waals surface area contributed by atoms with Gasteiger partial charge in [-0.25, -0.2) is 0 Å². The number of ether oxygens (including phenoxy) is 2. The molecule has 0 N–H and O–H groups in total. The Morgan fingerprint density at radius 3 is 2.50 bits per heavy atom. The molecule has 0 bridgehead atoms. The standard InChI is InChI=1S/C18H16.C8H12O2/c1-3-7-15-13(5-1)9-11-18-16-8-4-2-6-14(16)10-12-17(15)18;1-7(2)10-8-5-3-4-6-9-8/h1,3,5,7,9-12H,2,4,6,8H2;3-8H,1-2H3. The quantitative estimate of drug-likeness (QED) is 0.465. The van der Waals surface area contributed by atoms with Crippen LogP contribution in [0.2, 0.25) is 0 Å². The Morgan fingerprint density at radius 2 is 1.68 bits per heavy atom. The van der Waals surface area contributed by atoms with Gasteiger partial charge >= 0.3 is 0 Å². The van der Waals surface area contributed by atoms with Crippen LogP contribution in [0.1, 0.15) is 37.8 Å². The van der Waals surface area contributed by atoms with Crippen LogP contribution in [0.3, 0.4) is 0 Å². The molecule has 5 rings (SSSR count). The summed E-state index contributed by atoms with van der Waals surface area (Å²) in [5.41, 5.74) is 3.17. The Bertz CT molecular complexity index is 1010. The second-order valence-electron chi connectivity index (χ2n) is 7.69. The monoisotopic (exact) mass is 372 g/mol. The largest absolute Gasteiger partial charge is 0.469 e. The lowest BCUT2D eigenvalue weighted by Gasteiger charge is -2.18. The van der Waals surface area contributed by atoms with E-state index in [2.05, 4.69) is 48.5 Å². The fraction of sp³-hybridized carbons (Fsp3) is 0.308. The summed E-state index contributed by atoms with van der Waals surface area (Å²) in [4.78, 5) is 0. The summed E-state index contributed by atoms with van der Waals surface area (Å²) in [5, 5.41) is 5.64. The Hall–Kier alpha value is -2.58. The van der Waals surface area contributed by atoms with Gasteiger partial charge in [-0.15, -0.1) is 0 Å². The van der Waals surface area contributed by atoms with Crippen LogP contribution >= 0.6 is 0 Å². The van der Waals surface area contributed by atoms with E-state index >= 15 is 0 Å². The van der Waals surface area contributed by atoms with Crippen LogP contribution in [0.15, 0.2) is 73.0 Å². The summed E-state index contributed by atoms with van der Waals surface area (Å²) < 4.78 is 10.4. The third kappa shape index (κ3) is 4.13. The second kappa shape index (κ2) is 8.62. The first-order chi connectivity index (χ1) is 13.7. The van der Waals surface area contributed by atoms with E-state index in [4.69, 9.17) is 9.47 Å². The molecule has 0 aromatic heterocycles. The first-order valence-electron chi connectivity index (χ1n) is 10.3. The molecule has 0 saturated carbocycles. The van der Waals surface area contributed by atoms with Gasteiger partial charge in [-0.05, 0) is 84.4 Å². The van der Waals surface area contributed by atoms with E-state index < -0.39 is 0 Å². The average molecular weight is 373 g/mol. The van der Waals surface area contributed by atoms with Crippen molar-refractivity contribution in [3.8, 4) is 0 Å². The molecule has 0 spiro atoms. The third-order valence-electron chi connectivity index (χ3n) is 5.33. The molecular weight excluding hydrogens is 344 g/mol. The lowest BCUT2D eigenvalue weighted by atomic mass is 9.86. The molecule has 144 valence electrons. The first kappa shape index (κ1) is 18.8. The minimum absolute atomic E-state index is 0.190. The number of rotatable bonds is 2. The molecule has 1 atom stereocenters. The molecule has 1 aliphatic carbocycles. The van der Waals surface area contributed by atoms with E-state index in [1.54, 1.807) is 17.4 Å². The average Bonchev–Trinajstić information content (AvgIpc) is 2.74. The summed E-state index contributed by atoms with van der Waals surface area (Å²) >= 11 is 0. The molecule has 0 radical (unpaired) electrons. The minimum atomic E-state index is -0.190. The van der Waals surface area contributed by atoms with Crippen molar-refractivity contribution in [1.82, 2.24) is 0 Å². The highest BCUT2D eigenvalue weighted by Gasteiger charge is 2.13. The summed E-state index contributed by atoms with van der Waals surface area (Å²) in [6.07, 6.45) is 12.5. The Morgan fingerprint density at radius 1 is 0.857 bits per heavy atom. The topological polar surface area (TPSA) is 18.5 Å². The number of allylic oxidation sites excluding steroid dienone is 2. The van der Waals surface area contributed by atoms with Crippen LogP contribution in [0.25, 0.3) is 21.5 Å². The lowest BCUT2D eigenvalue weighted by Crippen LogP contribution is -2.17. The Kier molecular flexibility index (Phi) is 5.78. The fourth-order valence-corrected chi connectivity index (χ4v) is 4.06. The van der Waals surface area contributed by atoms with Crippen molar-refractivity contribution in [2.45, 2.75) is 51.9 Å². The lowest BCUT2D eigenvalue weighted by molar-refractivity contribution is -0.101. The van der Waals surface area contributed by atoms with E-state index in [1.807, 2.05) is 32.1 Å². The van der Waals surface area contributed by atoms with Crippen molar-refractivity contribution in [3.63, 3.8) is 0 Å². The van der Waals surface area contributed by atoms with Crippen LogP contribution in [0.5, 0.6) is 0 Å². The van der Waals surface area contributed by atoms with Gasteiger partial charge in [-0.2, -0.15) is 0 Å². The predicted octanol–water partition coefficient (Wildman–Crippen LogP) is 6.71. The molecular formula is C26H28O2. The molecule has 2 heteroatoms. The van der Waals surface area contributed by atoms with Crippen molar-refractivity contribution in [1.29, 1.82) is 0 Å². The van der Waals surface area contributed by atoms with Gasteiger partial charge in [0.2, 0.25) is 6.29 Å². The third-order valence-corrected chi connectivity index (χ3v) is 5.33. The number of hydrogen-bond donors (Lipinski definition) is 0. The number of benzene rings is 3. The van der Waals surface area contributed by atoms with Crippen molar-refractivity contribution in [2.24, 2.45) is 0 Å². The second-order valence-corrected chi connectivity index (χ2v) is 7.69. The first-order valence-corrected chi connectivity index (χ1v) is 10.3. The molecule has 0 amide bonds. The van der Waals surface area contributed by atoms with Crippen LogP contribution < -0.4 is 0 Å². The Labute approximate surface area is 167 Å². The molecule has 1 aliphatic heterocycles. The van der Waals surface area contributed by atoms with Crippen molar-refractivity contribution in [3.05, 3.63) is 84.1 Å². The van der Waals surface area contributed by atoms with Crippen LogP contribution in [-0.4, -0.2) is 12.4 Å². The normalized spacial score (nSPS) is 17.9. The van der Waals surface area contributed by atoms with Gasteiger partial charge in [0.15, 0.2) is 0 Å². The van der Waals surface area contributed by atoms with Crippen molar-refractivity contribution in [2.75, 3.05) is 0 Å². The maximum Gasteiger partial charge on any atom is 0.219 e. The highest BCUT2D eigenvalue weighted by atomic mass is 16.7. The molecule has 1 heterocycles. The van der Waals surface area contributed by atoms with E-state index in [0.29, 0.717) is 0 Å². The number of fused-ring (bicyclic) bond motifs is 5.